The molecule has 1 aromatic heterocycles. The van der Waals surface area contributed by atoms with Crippen LogP contribution in [-0.4, -0.2) is 42.3 Å². The predicted octanol–water partition coefficient (Wildman–Crippen LogP) is 2.00. The fourth-order valence-electron chi connectivity index (χ4n) is 4.40. The molecular weight excluding hydrogens is 363 g/mol. The van der Waals surface area contributed by atoms with E-state index in [1.807, 2.05) is 4.90 Å². The van der Waals surface area contributed by atoms with Crippen LogP contribution in [0, 0.1) is 11.7 Å². The van der Waals surface area contributed by atoms with E-state index in [2.05, 4.69) is 24.1 Å². The lowest BCUT2D eigenvalue weighted by Crippen LogP contribution is -2.35. The number of aromatic amines is 1. The standard InChI is InChI=1S/C20H27FN4O3/c1-4-22-11(2)12-7-8-24(10-12)17-15(21)9-14-16(18(17)28-3)25(13-5-6-13)20(27)23-19(14)26/h9,11-13,22H,4-8,10H2,1-3H3,(H,23,26,27). The summed E-state index contributed by atoms with van der Waals surface area (Å²) in [6.07, 6.45) is 2.67. The highest BCUT2D eigenvalue weighted by atomic mass is 19.1. The largest absolute Gasteiger partial charge is 0.492 e. The van der Waals surface area contributed by atoms with Gasteiger partial charge in [-0.25, -0.2) is 9.18 Å². The van der Waals surface area contributed by atoms with Crippen LogP contribution in [0.4, 0.5) is 10.1 Å². The highest BCUT2D eigenvalue weighted by molar-refractivity contribution is 5.91. The number of aromatic nitrogens is 2. The minimum absolute atomic E-state index is 0.0270. The predicted molar refractivity (Wildman–Crippen MR) is 107 cm³/mol. The van der Waals surface area contributed by atoms with E-state index in [1.54, 1.807) is 4.57 Å². The average molecular weight is 390 g/mol. The van der Waals surface area contributed by atoms with Crippen LogP contribution in [-0.2, 0) is 0 Å². The van der Waals surface area contributed by atoms with E-state index in [1.165, 1.54) is 13.2 Å². The van der Waals surface area contributed by atoms with Crippen molar-refractivity contribution in [2.75, 3.05) is 31.6 Å². The number of hydrogen-bond acceptors (Lipinski definition) is 5. The molecule has 1 aromatic carbocycles. The maximum absolute atomic E-state index is 15.1. The van der Waals surface area contributed by atoms with E-state index in [9.17, 15) is 9.59 Å². The number of nitrogens with zero attached hydrogens (tertiary/aromatic N) is 2. The van der Waals surface area contributed by atoms with Gasteiger partial charge in [0.2, 0.25) is 0 Å². The molecule has 152 valence electrons. The molecule has 0 radical (unpaired) electrons. The van der Waals surface area contributed by atoms with Crippen molar-refractivity contribution in [1.82, 2.24) is 14.9 Å². The van der Waals surface area contributed by atoms with Crippen LogP contribution in [0.5, 0.6) is 5.75 Å². The van der Waals surface area contributed by atoms with Gasteiger partial charge in [0, 0.05) is 25.2 Å². The zero-order valence-electron chi connectivity index (χ0n) is 16.5. The fraction of sp³-hybridized carbons (Fsp3) is 0.600. The summed E-state index contributed by atoms with van der Waals surface area (Å²) < 4.78 is 22.3. The van der Waals surface area contributed by atoms with E-state index in [0.717, 1.165) is 25.8 Å². The van der Waals surface area contributed by atoms with E-state index in [-0.39, 0.29) is 17.2 Å². The zero-order chi connectivity index (χ0) is 20.0. The first kappa shape index (κ1) is 19.0. The molecule has 0 bridgehead atoms. The molecule has 8 heteroatoms. The van der Waals surface area contributed by atoms with Crippen LogP contribution < -0.4 is 26.2 Å². The van der Waals surface area contributed by atoms with Crippen molar-refractivity contribution >= 4 is 16.6 Å². The quantitative estimate of drug-likeness (QED) is 0.789. The summed E-state index contributed by atoms with van der Waals surface area (Å²) in [5.41, 5.74) is -0.296. The summed E-state index contributed by atoms with van der Waals surface area (Å²) in [5.74, 6) is 0.180. The molecule has 28 heavy (non-hydrogen) atoms. The molecule has 0 amide bonds. The Labute approximate surface area is 162 Å². The summed E-state index contributed by atoms with van der Waals surface area (Å²) in [6.45, 7) is 6.52. The lowest BCUT2D eigenvalue weighted by molar-refractivity contribution is 0.405. The second-order valence-corrected chi connectivity index (χ2v) is 7.84. The number of methoxy groups -OCH3 is 1. The lowest BCUT2D eigenvalue weighted by Gasteiger charge is -2.25. The number of benzene rings is 1. The van der Waals surface area contributed by atoms with Gasteiger partial charge >= 0.3 is 5.69 Å². The molecule has 1 aliphatic carbocycles. The Bertz CT molecular complexity index is 1010. The third kappa shape index (κ3) is 3.09. The van der Waals surface area contributed by atoms with Gasteiger partial charge in [-0.3, -0.25) is 14.3 Å². The summed E-state index contributed by atoms with van der Waals surface area (Å²) in [6, 6.07) is 1.60. The summed E-state index contributed by atoms with van der Waals surface area (Å²) in [7, 11) is 1.47. The van der Waals surface area contributed by atoms with Crippen molar-refractivity contribution < 1.29 is 9.13 Å². The third-order valence-corrected chi connectivity index (χ3v) is 6.00. The van der Waals surface area contributed by atoms with Gasteiger partial charge < -0.3 is 15.0 Å². The van der Waals surface area contributed by atoms with Crippen LogP contribution in [0.25, 0.3) is 10.9 Å². The van der Waals surface area contributed by atoms with Crippen molar-refractivity contribution in [3.05, 3.63) is 32.7 Å². The lowest BCUT2D eigenvalue weighted by atomic mass is 10.0. The Morgan fingerprint density at radius 2 is 2.11 bits per heavy atom. The van der Waals surface area contributed by atoms with Crippen LogP contribution in [0.15, 0.2) is 15.7 Å². The molecule has 2 atom stereocenters. The van der Waals surface area contributed by atoms with Gasteiger partial charge in [0.15, 0.2) is 11.6 Å². The number of hydrogen-bond donors (Lipinski definition) is 2. The van der Waals surface area contributed by atoms with Gasteiger partial charge in [-0.1, -0.05) is 6.92 Å². The number of fused-ring (bicyclic) bond motifs is 1. The number of rotatable bonds is 6. The van der Waals surface area contributed by atoms with E-state index >= 15 is 4.39 Å². The first-order valence-electron chi connectivity index (χ1n) is 9.99. The van der Waals surface area contributed by atoms with E-state index < -0.39 is 17.1 Å². The van der Waals surface area contributed by atoms with Gasteiger partial charge in [-0.2, -0.15) is 0 Å². The maximum Gasteiger partial charge on any atom is 0.329 e. The van der Waals surface area contributed by atoms with Crippen molar-refractivity contribution in [3.63, 3.8) is 0 Å². The molecule has 7 nitrogen and oxygen atoms in total. The molecule has 2 aliphatic rings. The van der Waals surface area contributed by atoms with Crippen LogP contribution in [0.3, 0.4) is 0 Å². The molecule has 2 fully saturated rings. The highest BCUT2D eigenvalue weighted by Gasteiger charge is 2.34. The Morgan fingerprint density at radius 3 is 2.75 bits per heavy atom. The number of H-pyrrole nitrogens is 1. The minimum atomic E-state index is -0.583. The molecule has 4 rings (SSSR count). The van der Waals surface area contributed by atoms with Gasteiger partial charge in [0.05, 0.1) is 12.5 Å². The Hall–Kier alpha value is -2.35. The topological polar surface area (TPSA) is 79.4 Å². The molecule has 1 saturated heterocycles. The first-order valence-corrected chi connectivity index (χ1v) is 9.99. The average Bonchev–Trinajstić information content (AvgIpc) is 3.37. The van der Waals surface area contributed by atoms with Gasteiger partial charge in [-0.15, -0.1) is 0 Å². The van der Waals surface area contributed by atoms with Crippen molar-refractivity contribution in [2.24, 2.45) is 5.92 Å². The van der Waals surface area contributed by atoms with E-state index in [4.69, 9.17) is 4.74 Å². The number of nitrogens with one attached hydrogen (secondary N) is 2. The second-order valence-electron chi connectivity index (χ2n) is 7.84. The molecular formula is C20H27FN4O3. The SMILES string of the molecule is CCNC(C)C1CCN(c2c(F)cc3c(=O)[nH]c(=O)n(C4CC4)c3c2OC)C1. The van der Waals surface area contributed by atoms with Crippen LogP contribution in [0.1, 0.15) is 39.2 Å². The van der Waals surface area contributed by atoms with Crippen LogP contribution in [0.2, 0.25) is 0 Å². The zero-order valence-corrected chi connectivity index (χ0v) is 16.5. The smallest absolute Gasteiger partial charge is 0.329 e. The monoisotopic (exact) mass is 390 g/mol. The molecule has 2 unspecified atom stereocenters. The third-order valence-electron chi connectivity index (χ3n) is 6.00. The van der Waals surface area contributed by atoms with Crippen molar-refractivity contribution in [2.45, 2.75) is 45.2 Å². The number of halogens is 1. The van der Waals surface area contributed by atoms with Crippen LogP contribution >= 0.6 is 0 Å². The summed E-state index contributed by atoms with van der Waals surface area (Å²) in [4.78, 5) is 29.1. The highest BCUT2D eigenvalue weighted by Crippen LogP contribution is 2.43. The minimum Gasteiger partial charge on any atom is -0.492 e. The molecule has 1 aliphatic heterocycles. The van der Waals surface area contributed by atoms with Crippen molar-refractivity contribution in [3.8, 4) is 5.75 Å². The maximum atomic E-state index is 15.1. The number of anilines is 1. The molecule has 1 saturated carbocycles. The van der Waals surface area contributed by atoms with Gasteiger partial charge in [0.1, 0.15) is 11.2 Å². The van der Waals surface area contributed by atoms with Crippen molar-refractivity contribution in [1.29, 1.82) is 0 Å². The summed E-state index contributed by atoms with van der Waals surface area (Å²) >= 11 is 0. The Morgan fingerprint density at radius 1 is 1.36 bits per heavy atom. The second kappa shape index (κ2) is 7.24. The molecule has 2 N–H and O–H groups in total. The summed E-state index contributed by atoms with van der Waals surface area (Å²) in [5, 5.41) is 3.59. The molecule has 2 heterocycles. The van der Waals surface area contributed by atoms with E-state index in [0.29, 0.717) is 36.3 Å². The fourth-order valence-corrected chi connectivity index (χ4v) is 4.40. The number of ether oxygens (including phenoxy) is 1. The van der Waals surface area contributed by atoms with Gasteiger partial charge in [0.25, 0.3) is 5.56 Å². The Balaban J connectivity index is 1.86. The Kier molecular flexibility index (Phi) is 4.91. The molecule has 2 aromatic rings. The normalized spacial score (nSPS) is 20.7. The first-order chi connectivity index (χ1) is 13.5. The molecule has 0 spiro atoms. The van der Waals surface area contributed by atoms with Gasteiger partial charge in [-0.05, 0) is 44.7 Å².